The molecule has 198 valence electrons. The van der Waals surface area contributed by atoms with Crippen molar-refractivity contribution in [1.29, 1.82) is 0 Å². The van der Waals surface area contributed by atoms with Gasteiger partial charge in [-0.3, -0.25) is 9.59 Å². The van der Waals surface area contributed by atoms with Crippen molar-refractivity contribution in [3.63, 3.8) is 0 Å². The highest BCUT2D eigenvalue weighted by molar-refractivity contribution is 7.09. The molecule has 1 saturated heterocycles. The summed E-state index contributed by atoms with van der Waals surface area (Å²) in [4.78, 5) is 30.7. The number of carbonyl (C=O) groups is 2. The first-order chi connectivity index (χ1) is 16.1. The van der Waals surface area contributed by atoms with Crippen molar-refractivity contribution in [2.75, 3.05) is 0 Å². The van der Waals surface area contributed by atoms with E-state index < -0.39 is 29.1 Å². The van der Waals surface area contributed by atoms with Crippen LogP contribution in [0.4, 0.5) is 0 Å². The minimum Gasteiger partial charge on any atom is -0.392 e. The number of rotatable bonds is 2. The van der Waals surface area contributed by atoms with Gasteiger partial charge < -0.3 is 20.6 Å². The van der Waals surface area contributed by atoms with E-state index in [1.54, 1.807) is 39.0 Å². The number of nitrogens with zero attached hydrogens (tertiary/aromatic N) is 1. The second kappa shape index (κ2) is 12.1. The minimum absolute atomic E-state index is 0.131. The van der Waals surface area contributed by atoms with E-state index in [0.29, 0.717) is 32.1 Å². The monoisotopic (exact) mass is 508 g/mol. The first-order valence-corrected chi connectivity index (χ1v) is 13.5. The molecule has 0 bridgehead atoms. The first-order valence-electron chi connectivity index (χ1n) is 12.7. The van der Waals surface area contributed by atoms with E-state index in [0.717, 1.165) is 16.3 Å². The van der Waals surface area contributed by atoms with Gasteiger partial charge in [0.2, 0.25) is 5.91 Å². The highest BCUT2D eigenvalue weighted by atomic mass is 32.1. The maximum Gasteiger partial charge on any atom is 0.223 e. The van der Waals surface area contributed by atoms with E-state index in [9.17, 15) is 24.9 Å². The number of hydrogen-bond donors (Lipinski definition) is 4. The fraction of sp³-hybridized carbons (Fsp3) is 0.741. The Labute approximate surface area is 214 Å². The smallest absolute Gasteiger partial charge is 0.223 e. The number of amides is 1. The molecule has 1 fully saturated rings. The van der Waals surface area contributed by atoms with Crippen LogP contribution in [0.3, 0.4) is 0 Å². The maximum absolute atomic E-state index is 13.2. The molecule has 35 heavy (non-hydrogen) atoms. The summed E-state index contributed by atoms with van der Waals surface area (Å²) in [5.41, 5.74) is -0.371. The standard InChI is InChI=1S/C27H44N2O5S/c1-16-9-8-11-27(7,34)12-10-21(17(2)13-20-15-35-19(4)28-20)29-23(31)14-22(30)26(5,6)25(33)18(3)24(16)32/h13,15-16,18,21-22,24,30,32,34H,8-12,14H2,1-7H3,(H,29,31)/b17-13+/t16?,18?,21?,22-,24-,27+/m0/s1. The summed E-state index contributed by atoms with van der Waals surface area (Å²) in [7, 11) is 0. The van der Waals surface area contributed by atoms with Gasteiger partial charge in [0.1, 0.15) is 5.78 Å². The summed E-state index contributed by atoms with van der Waals surface area (Å²) in [6.07, 6.45) is 2.63. The quantitative estimate of drug-likeness (QED) is 0.479. The molecule has 0 spiro atoms. The van der Waals surface area contributed by atoms with Crippen molar-refractivity contribution < 1.29 is 24.9 Å². The van der Waals surface area contributed by atoms with Crippen molar-refractivity contribution in [2.24, 2.45) is 17.3 Å². The number of aromatic nitrogens is 1. The maximum atomic E-state index is 13.2. The molecule has 1 amide bonds. The molecule has 2 rings (SSSR count). The number of thiazole rings is 1. The van der Waals surface area contributed by atoms with Gasteiger partial charge in [-0.2, -0.15) is 0 Å². The fourth-order valence-corrected chi connectivity index (χ4v) is 5.40. The lowest BCUT2D eigenvalue weighted by molar-refractivity contribution is -0.143. The highest BCUT2D eigenvalue weighted by Gasteiger charge is 2.42. The van der Waals surface area contributed by atoms with Crippen LogP contribution in [-0.2, 0) is 9.59 Å². The molecule has 6 atom stereocenters. The summed E-state index contributed by atoms with van der Waals surface area (Å²) in [5, 5.41) is 38.6. The number of ketones is 1. The van der Waals surface area contributed by atoms with Crippen LogP contribution in [0.15, 0.2) is 11.0 Å². The zero-order chi connectivity index (χ0) is 26.6. The number of aliphatic hydroxyl groups is 3. The van der Waals surface area contributed by atoms with Gasteiger partial charge in [-0.15, -0.1) is 11.3 Å². The van der Waals surface area contributed by atoms with E-state index in [2.05, 4.69) is 10.3 Å². The predicted octanol–water partition coefficient (Wildman–Crippen LogP) is 4.03. The molecule has 2 heterocycles. The molecule has 1 aliphatic rings. The third-order valence-corrected chi connectivity index (χ3v) is 8.39. The van der Waals surface area contributed by atoms with Crippen LogP contribution >= 0.6 is 11.3 Å². The lowest BCUT2D eigenvalue weighted by atomic mass is 9.72. The molecular formula is C27H44N2O5S. The van der Waals surface area contributed by atoms with Crippen LogP contribution < -0.4 is 5.32 Å². The van der Waals surface area contributed by atoms with Crippen molar-refractivity contribution in [3.05, 3.63) is 21.7 Å². The average Bonchev–Trinajstić information content (AvgIpc) is 3.18. The normalized spacial score (nSPS) is 34.5. The summed E-state index contributed by atoms with van der Waals surface area (Å²) < 4.78 is 0. The number of Topliss-reactive ketones (excluding diaryl/α,β-unsaturated/α-hetero) is 1. The number of hydrogen-bond acceptors (Lipinski definition) is 7. The molecule has 4 N–H and O–H groups in total. The van der Waals surface area contributed by atoms with Gasteiger partial charge in [0.25, 0.3) is 0 Å². The summed E-state index contributed by atoms with van der Waals surface area (Å²) in [6.45, 7) is 12.5. The molecule has 0 aromatic carbocycles. The Hall–Kier alpha value is -1.61. The van der Waals surface area contributed by atoms with Gasteiger partial charge in [-0.05, 0) is 64.0 Å². The minimum atomic E-state index is -1.19. The predicted molar refractivity (Wildman–Crippen MR) is 140 cm³/mol. The van der Waals surface area contributed by atoms with Gasteiger partial charge in [0.05, 0.1) is 46.4 Å². The van der Waals surface area contributed by atoms with Crippen LogP contribution in [0.2, 0.25) is 0 Å². The molecule has 0 radical (unpaired) electrons. The third kappa shape index (κ3) is 8.20. The van der Waals surface area contributed by atoms with Crippen LogP contribution in [0.1, 0.15) is 90.8 Å². The molecule has 7 nitrogen and oxygen atoms in total. The van der Waals surface area contributed by atoms with E-state index >= 15 is 0 Å². The van der Waals surface area contributed by atoms with Gasteiger partial charge in [0.15, 0.2) is 0 Å². The van der Waals surface area contributed by atoms with Gasteiger partial charge >= 0.3 is 0 Å². The van der Waals surface area contributed by atoms with Crippen molar-refractivity contribution in [2.45, 2.75) is 111 Å². The second-order valence-corrected chi connectivity index (χ2v) is 12.4. The van der Waals surface area contributed by atoms with E-state index in [4.69, 9.17) is 0 Å². The van der Waals surface area contributed by atoms with Crippen LogP contribution in [0.5, 0.6) is 0 Å². The average molecular weight is 509 g/mol. The van der Waals surface area contributed by atoms with Crippen LogP contribution in [0, 0.1) is 24.2 Å². The molecule has 1 aromatic rings. The Balaban J connectivity index is 2.33. The number of aliphatic hydroxyl groups excluding tert-OH is 2. The summed E-state index contributed by atoms with van der Waals surface area (Å²) in [6, 6.07) is -0.338. The first kappa shape index (κ1) is 29.6. The van der Waals surface area contributed by atoms with E-state index in [-0.39, 0.29) is 30.1 Å². The highest BCUT2D eigenvalue weighted by Crippen LogP contribution is 2.33. The fourth-order valence-electron chi connectivity index (χ4n) is 4.83. The third-order valence-electron chi connectivity index (χ3n) is 7.60. The van der Waals surface area contributed by atoms with Gasteiger partial charge in [0, 0.05) is 11.3 Å². The SMILES string of the molecule is C/C(=C\c1csc(C)n1)C1CC[C@](C)(O)CCCC(C)[C@H](O)C(C)C(=O)C(C)(C)[C@@H](O)CC(=O)N1. The molecular weight excluding hydrogens is 464 g/mol. The van der Waals surface area contributed by atoms with E-state index in [1.807, 2.05) is 32.2 Å². The largest absolute Gasteiger partial charge is 0.392 e. The van der Waals surface area contributed by atoms with Gasteiger partial charge in [-0.25, -0.2) is 4.98 Å². The van der Waals surface area contributed by atoms with Crippen LogP contribution in [0.25, 0.3) is 6.08 Å². The zero-order valence-electron chi connectivity index (χ0n) is 22.3. The van der Waals surface area contributed by atoms with Gasteiger partial charge in [-0.1, -0.05) is 34.1 Å². The molecule has 0 aliphatic carbocycles. The lowest BCUT2D eigenvalue weighted by Gasteiger charge is -2.35. The Kier molecular flexibility index (Phi) is 10.2. The Morgan fingerprint density at radius 3 is 2.43 bits per heavy atom. The van der Waals surface area contributed by atoms with E-state index in [1.165, 1.54) is 0 Å². The number of aryl methyl sites for hydroxylation is 1. The van der Waals surface area contributed by atoms with Crippen LogP contribution in [-0.4, -0.2) is 55.8 Å². The molecule has 1 aromatic heterocycles. The van der Waals surface area contributed by atoms with Crippen molar-refractivity contribution in [1.82, 2.24) is 10.3 Å². The molecule has 8 heteroatoms. The Morgan fingerprint density at radius 1 is 1.17 bits per heavy atom. The molecule has 3 unspecified atom stereocenters. The number of carbonyl (C=O) groups excluding carboxylic acids is 2. The summed E-state index contributed by atoms with van der Waals surface area (Å²) >= 11 is 1.55. The Morgan fingerprint density at radius 2 is 1.83 bits per heavy atom. The summed E-state index contributed by atoms with van der Waals surface area (Å²) in [5.74, 6) is -1.43. The zero-order valence-corrected chi connectivity index (χ0v) is 23.1. The van der Waals surface area contributed by atoms with Crippen molar-refractivity contribution in [3.8, 4) is 0 Å². The molecule has 1 aliphatic heterocycles. The number of nitrogens with one attached hydrogen (secondary N) is 1. The second-order valence-electron chi connectivity index (χ2n) is 11.3. The topological polar surface area (TPSA) is 120 Å². The van der Waals surface area contributed by atoms with Crippen molar-refractivity contribution >= 4 is 29.1 Å². The lowest BCUT2D eigenvalue weighted by Crippen LogP contribution is -2.47. The Bertz CT molecular complexity index is 907. The molecule has 0 saturated carbocycles.